The predicted octanol–water partition coefficient (Wildman–Crippen LogP) is 0.556. The van der Waals surface area contributed by atoms with Crippen molar-refractivity contribution in [2.75, 3.05) is 0 Å². The molecule has 0 aromatic carbocycles. The summed E-state index contributed by atoms with van der Waals surface area (Å²) < 4.78 is 15.7. The highest BCUT2D eigenvalue weighted by Gasteiger charge is 1.89. The van der Waals surface area contributed by atoms with Gasteiger partial charge >= 0.3 is 11.3 Å². The van der Waals surface area contributed by atoms with Crippen molar-refractivity contribution in [3.63, 3.8) is 0 Å². The van der Waals surface area contributed by atoms with Crippen LogP contribution in [0.25, 0.3) is 0 Å². The van der Waals surface area contributed by atoms with Crippen LogP contribution >= 0.6 is 0 Å². The molecule has 56 valence electrons. The number of nitrogens with zero attached hydrogens (tertiary/aromatic N) is 5. The van der Waals surface area contributed by atoms with Crippen LogP contribution in [0.15, 0.2) is 25.5 Å². The quantitative estimate of drug-likeness (QED) is 0.284. The third-order valence-corrected chi connectivity index (χ3v) is 0.617. The Kier molecular flexibility index (Phi) is 5.32. The van der Waals surface area contributed by atoms with Gasteiger partial charge in [0.25, 0.3) is 0 Å². The number of hydrogen-bond acceptors (Lipinski definition) is 4. The van der Waals surface area contributed by atoms with Gasteiger partial charge in [-0.25, -0.2) is 5.26 Å². The first-order valence-corrected chi connectivity index (χ1v) is 2.71. The molecule has 0 aliphatic heterocycles. The second-order valence-electron chi connectivity index (χ2n) is 0.723. The van der Waals surface area contributed by atoms with Crippen LogP contribution in [0.1, 0.15) is 0 Å². The number of rotatable bonds is 4. The van der Waals surface area contributed by atoms with Crippen LogP contribution in [0.2, 0.25) is 0 Å². The maximum Gasteiger partial charge on any atom is 0.334 e. The maximum atomic E-state index is 9.94. The summed E-state index contributed by atoms with van der Waals surface area (Å²) in [7, 11) is 0. The molecule has 0 aliphatic carbocycles. The standard InChI is InChI=1S/HN5O4S/c6-4-2-1-3-5-10(8)9-7/h7H/b2-1+,5-3+. The molecule has 0 amide bonds. The zero-order valence-corrected chi connectivity index (χ0v) is 5.13. The van der Waals surface area contributed by atoms with Crippen molar-refractivity contribution in [3.05, 3.63) is 4.91 Å². The molecule has 0 saturated heterocycles. The molecule has 0 saturated carbocycles. The van der Waals surface area contributed by atoms with Gasteiger partial charge < -0.3 is 0 Å². The van der Waals surface area contributed by atoms with E-state index in [4.69, 9.17) is 10.2 Å². The van der Waals surface area contributed by atoms with Crippen LogP contribution in [0.5, 0.6) is 0 Å². The lowest BCUT2D eigenvalue weighted by Crippen LogP contribution is -1.83. The van der Waals surface area contributed by atoms with E-state index < -0.39 is 11.3 Å². The summed E-state index contributed by atoms with van der Waals surface area (Å²) in [6.45, 7) is 0. The first-order chi connectivity index (χ1) is 4.81. The average Bonchev–Trinajstić information content (AvgIpc) is 1.98. The van der Waals surface area contributed by atoms with Gasteiger partial charge in [-0.2, -0.15) is 4.21 Å². The molecule has 1 unspecified atom stereocenters. The van der Waals surface area contributed by atoms with E-state index in [1.54, 1.807) is 0 Å². The van der Waals surface area contributed by atoms with E-state index in [1.807, 2.05) is 5.29 Å². The molecule has 0 aromatic heterocycles. The Balaban J connectivity index is 3.65. The number of nitroso groups, excluding NO2 is 1. The van der Waals surface area contributed by atoms with Crippen LogP contribution < -0.4 is 0 Å². The largest absolute Gasteiger partial charge is 0.334 e. The van der Waals surface area contributed by atoms with Gasteiger partial charge in [0.05, 0.1) is 0 Å². The van der Waals surface area contributed by atoms with Crippen molar-refractivity contribution in [1.82, 2.24) is 0 Å². The summed E-state index contributed by atoms with van der Waals surface area (Å²) in [6.07, 6.45) is 0. The molecule has 0 aromatic rings. The lowest BCUT2D eigenvalue weighted by Gasteiger charge is -1.77. The fourth-order valence-corrected chi connectivity index (χ4v) is 0.217. The van der Waals surface area contributed by atoms with E-state index in [2.05, 4.69) is 24.5 Å². The first-order valence-electron chi connectivity index (χ1n) is 1.68. The molecule has 1 N–H and O–H groups in total. The Hall–Kier alpha value is -1.13. The SMILES string of the molecule is O=N/N=N/N=N/S(=O)OO. The fourth-order valence-electron chi connectivity index (χ4n) is 0.0953. The minimum Gasteiger partial charge on any atom is -0.235 e. The third kappa shape index (κ3) is 5.02. The Morgan fingerprint density at radius 3 is 2.50 bits per heavy atom. The number of hydrogen-bond donors (Lipinski definition) is 1. The summed E-state index contributed by atoms with van der Waals surface area (Å²) >= 11 is -2.31. The summed E-state index contributed by atoms with van der Waals surface area (Å²) in [5.41, 5.74) is 0. The zero-order valence-electron chi connectivity index (χ0n) is 4.32. The van der Waals surface area contributed by atoms with Gasteiger partial charge in [0.15, 0.2) is 0 Å². The predicted molar refractivity (Wildman–Crippen MR) is 27.4 cm³/mol. The first kappa shape index (κ1) is 8.87. The topological polar surface area (TPSA) is 125 Å². The highest BCUT2D eigenvalue weighted by molar-refractivity contribution is 7.78. The van der Waals surface area contributed by atoms with Gasteiger partial charge in [-0.15, -0.1) is 9.24 Å². The molecule has 0 heterocycles. The van der Waals surface area contributed by atoms with E-state index in [1.165, 1.54) is 0 Å². The molecule has 0 spiro atoms. The van der Waals surface area contributed by atoms with Crippen LogP contribution in [-0.4, -0.2) is 9.47 Å². The highest BCUT2D eigenvalue weighted by atomic mass is 32.2. The maximum absolute atomic E-state index is 9.94. The average molecular weight is 167 g/mol. The minimum atomic E-state index is -2.31. The van der Waals surface area contributed by atoms with Gasteiger partial charge in [-0.3, -0.25) is 0 Å². The molecule has 9 nitrogen and oxygen atoms in total. The Labute approximate surface area is 56.5 Å². The summed E-state index contributed by atoms with van der Waals surface area (Å²) in [4.78, 5) is 9.15. The third-order valence-electron chi connectivity index (χ3n) is 0.283. The molecule has 0 rings (SSSR count). The molecule has 0 radical (unpaired) electrons. The molecular weight excluding hydrogens is 166 g/mol. The Morgan fingerprint density at radius 1 is 1.30 bits per heavy atom. The molecule has 0 aliphatic rings. The van der Waals surface area contributed by atoms with E-state index in [-0.39, 0.29) is 0 Å². The van der Waals surface area contributed by atoms with E-state index >= 15 is 0 Å². The lowest BCUT2D eigenvalue weighted by atomic mass is 12.5. The van der Waals surface area contributed by atoms with Crippen molar-refractivity contribution in [3.8, 4) is 0 Å². The van der Waals surface area contributed by atoms with Crippen LogP contribution in [0.3, 0.4) is 0 Å². The highest BCUT2D eigenvalue weighted by Crippen LogP contribution is 1.86. The summed E-state index contributed by atoms with van der Waals surface area (Å²) in [5, 5.41) is 17.2. The van der Waals surface area contributed by atoms with Gasteiger partial charge in [-0.05, 0) is 9.74 Å². The van der Waals surface area contributed by atoms with Crippen LogP contribution in [0, 0.1) is 4.91 Å². The summed E-state index contributed by atoms with van der Waals surface area (Å²) in [6, 6.07) is 0. The molecule has 1 atom stereocenters. The van der Waals surface area contributed by atoms with E-state index in [0.717, 1.165) is 0 Å². The van der Waals surface area contributed by atoms with Gasteiger partial charge in [-0.1, -0.05) is 0 Å². The minimum absolute atomic E-state index is 1.91. The molecular formula is HN5O4S. The smallest absolute Gasteiger partial charge is 0.235 e. The van der Waals surface area contributed by atoms with Crippen molar-refractivity contribution in [1.29, 1.82) is 0 Å². The second kappa shape index (κ2) is 6.00. The van der Waals surface area contributed by atoms with Crippen molar-refractivity contribution in [2.24, 2.45) is 25.5 Å². The molecule has 10 heteroatoms. The molecule has 10 heavy (non-hydrogen) atoms. The van der Waals surface area contributed by atoms with Crippen molar-refractivity contribution < 1.29 is 13.8 Å². The van der Waals surface area contributed by atoms with Crippen LogP contribution in [-0.2, 0) is 15.6 Å². The van der Waals surface area contributed by atoms with Gasteiger partial charge in [0, 0.05) is 10.4 Å². The fraction of sp³-hybridized carbons (Fsp3) is 0. The van der Waals surface area contributed by atoms with Gasteiger partial charge in [0.2, 0.25) is 0 Å². The Morgan fingerprint density at radius 2 is 2.00 bits per heavy atom. The lowest BCUT2D eigenvalue weighted by molar-refractivity contribution is -0.124. The second-order valence-corrected chi connectivity index (χ2v) is 1.47. The van der Waals surface area contributed by atoms with Crippen molar-refractivity contribution in [2.45, 2.75) is 0 Å². The normalized spacial score (nSPS) is 14.5. The monoisotopic (exact) mass is 167 g/mol. The molecule has 0 bridgehead atoms. The van der Waals surface area contributed by atoms with Gasteiger partial charge in [0.1, 0.15) is 5.29 Å². The van der Waals surface area contributed by atoms with E-state index in [0.29, 0.717) is 0 Å². The molecule has 0 fully saturated rings. The van der Waals surface area contributed by atoms with Crippen LogP contribution in [0.4, 0.5) is 0 Å². The summed E-state index contributed by atoms with van der Waals surface area (Å²) in [5.74, 6) is 0. The Bertz CT molecular complexity index is 172. The van der Waals surface area contributed by atoms with Crippen molar-refractivity contribution >= 4 is 11.3 Å². The van der Waals surface area contributed by atoms with E-state index in [9.17, 15) is 4.21 Å². The zero-order chi connectivity index (χ0) is 7.82.